The maximum absolute atomic E-state index is 2.98. The first kappa shape index (κ1) is 18.4. The highest BCUT2D eigenvalue weighted by Crippen LogP contribution is 2.70. The van der Waals surface area contributed by atoms with Crippen molar-refractivity contribution < 1.29 is 0 Å². The van der Waals surface area contributed by atoms with Crippen LogP contribution < -0.4 is 4.90 Å². The zero-order chi connectivity index (χ0) is 21.1. The minimum Gasteiger partial charge on any atom is -0.352 e. The van der Waals surface area contributed by atoms with Crippen molar-refractivity contribution in [3.63, 3.8) is 0 Å². The number of benzene rings is 1. The van der Waals surface area contributed by atoms with Crippen LogP contribution in [0.4, 0.5) is 5.69 Å². The van der Waals surface area contributed by atoms with Crippen LogP contribution in [-0.2, 0) is 19.6 Å². The van der Waals surface area contributed by atoms with Crippen LogP contribution in [0, 0.1) is 30.6 Å². The molecule has 0 N–H and O–H groups in total. The van der Waals surface area contributed by atoms with Crippen LogP contribution in [0.5, 0.6) is 0 Å². The number of hydrogen-bond donors (Lipinski definition) is 0. The van der Waals surface area contributed by atoms with Gasteiger partial charge in [-0.1, -0.05) is 25.1 Å². The Balaban J connectivity index is 1.60. The summed E-state index contributed by atoms with van der Waals surface area (Å²) in [5.74, 6) is 3.53. The van der Waals surface area contributed by atoms with E-state index in [2.05, 4.69) is 78.5 Å². The molecule has 1 aromatic carbocycles. The topological polar surface area (TPSA) is 13.1 Å². The molecule has 0 saturated heterocycles. The molecule has 1 spiro atoms. The van der Waals surface area contributed by atoms with E-state index < -0.39 is 0 Å². The highest BCUT2D eigenvalue weighted by atomic mass is 15.3. The number of nitrogens with zero attached hydrogens (tertiary/aromatic N) is 3. The molecule has 0 amide bonds. The first-order chi connectivity index (χ1) is 15.1. The summed E-state index contributed by atoms with van der Waals surface area (Å²) in [6, 6.07) is 12.0. The van der Waals surface area contributed by atoms with E-state index in [1.165, 1.54) is 60.8 Å². The van der Waals surface area contributed by atoms with Gasteiger partial charge >= 0.3 is 0 Å². The monoisotopic (exact) mass is 413 g/mol. The number of rotatable bonds is 2. The zero-order valence-corrected chi connectivity index (χ0v) is 19.4. The fraction of sp³-hybridized carbons (Fsp3) is 0.571. The van der Waals surface area contributed by atoms with Gasteiger partial charge in [-0.05, 0) is 86.8 Å². The first-order valence-electron chi connectivity index (χ1n) is 12.5. The summed E-state index contributed by atoms with van der Waals surface area (Å²) in [6.45, 7) is 4.74. The van der Waals surface area contributed by atoms with Gasteiger partial charge in [0.05, 0.1) is 22.6 Å². The van der Waals surface area contributed by atoms with E-state index in [9.17, 15) is 0 Å². The van der Waals surface area contributed by atoms with E-state index in [0.717, 1.165) is 23.7 Å². The Hall–Kier alpha value is -2.16. The average molecular weight is 414 g/mol. The lowest BCUT2D eigenvalue weighted by Crippen LogP contribution is -2.62. The van der Waals surface area contributed by atoms with Gasteiger partial charge in [-0.15, -0.1) is 0 Å². The molecule has 4 aliphatic carbocycles. The molecule has 4 saturated carbocycles. The first-order valence-corrected chi connectivity index (χ1v) is 12.5. The van der Waals surface area contributed by atoms with E-state index in [4.69, 9.17) is 0 Å². The van der Waals surface area contributed by atoms with E-state index >= 15 is 0 Å². The van der Waals surface area contributed by atoms with Crippen molar-refractivity contribution in [1.82, 2.24) is 9.13 Å². The molecular formula is C28H35N3. The summed E-state index contributed by atoms with van der Waals surface area (Å²) in [5, 5.41) is 0. The third-order valence-electron chi connectivity index (χ3n) is 9.84. The molecule has 1 unspecified atom stereocenters. The summed E-state index contributed by atoms with van der Waals surface area (Å²) < 4.78 is 4.99. The molecule has 2 aromatic heterocycles. The van der Waals surface area contributed by atoms with E-state index in [1.807, 2.05) is 0 Å². The zero-order valence-electron chi connectivity index (χ0n) is 19.4. The molecule has 8 rings (SSSR count). The molecule has 162 valence electrons. The largest absolute Gasteiger partial charge is 0.352 e. The van der Waals surface area contributed by atoms with Gasteiger partial charge < -0.3 is 14.0 Å². The van der Waals surface area contributed by atoms with Crippen molar-refractivity contribution in [3.8, 4) is 0 Å². The third kappa shape index (κ3) is 2.02. The van der Waals surface area contributed by atoms with E-state index in [-0.39, 0.29) is 5.54 Å². The highest BCUT2D eigenvalue weighted by molar-refractivity contribution is 5.88. The minimum atomic E-state index is 0.168. The van der Waals surface area contributed by atoms with Gasteiger partial charge in [-0.25, -0.2) is 0 Å². The quantitative estimate of drug-likeness (QED) is 0.471. The number of aromatic nitrogens is 2. The number of hydrogen-bond acceptors (Lipinski definition) is 1. The molecule has 3 nitrogen and oxygen atoms in total. The molecule has 1 atom stereocenters. The van der Waals surface area contributed by atoms with Crippen molar-refractivity contribution in [2.75, 3.05) is 4.90 Å². The molecule has 3 heterocycles. The van der Waals surface area contributed by atoms with Crippen molar-refractivity contribution in [1.29, 1.82) is 0 Å². The molecule has 0 radical (unpaired) electrons. The summed E-state index contributed by atoms with van der Waals surface area (Å²) >= 11 is 0. The Bertz CT molecular complexity index is 1170. The standard InChI is InChI=1S/C28H35N3/c1-5-22-27-25(26-24(30(27)4)10-11-29(26)3)28(31(22)23-9-7-6-8-17(23)2)20-13-18-12-19(15-20)16-21(28)14-18/h6-11,18-22H,5,12-16H2,1-4H3. The van der Waals surface area contributed by atoms with Gasteiger partial charge in [-0.2, -0.15) is 0 Å². The van der Waals surface area contributed by atoms with Crippen LogP contribution in [0.1, 0.15) is 68.3 Å². The van der Waals surface area contributed by atoms with E-state index in [1.54, 1.807) is 11.3 Å². The Labute approximate surface area is 186 Å². The number of para-hydroxylation sites is 1. The molecule has 31 heavy (non-hydrogen) atoms. The SMILES string of the molecule is CCC1c2c(c3c(ccn3C)n2C)C2(C3CC4CC(C3)CC2C4)N1c1ccccc1C. The molecule has 5 aliphatic rings. The van der Waals surface area contributed by atoms with Crippen molar-refractivity contribution in [2.45, 2.75) is 64.0 Å². The molecule has 4 bridgehead atoms. The second-order valence-electron chi connectivity index (χ2n) is 11.2. The van der Waals surface area contributed by atoms with Gasteiger partial charge in [0.25, 0.3) is 0 Å². The second kappa shape index (κ2) is 5.99. The maximum atomic E-state index is 2.98. The van der Waals surface area contributed by atoms with Gasteiger partial charge in [0.15, 0.2) is 0 Å². The van der Waals surface area contributed by atoms with Crippen molar-refractivity contribution in [2.24, 2.45) is 37.8 Å². The summed E-state index contributed by atoms with van der Waals surface area (Å²) in [5.41, 5.74) is 9.36. The van der Waals surface area contributed by atoms with Crippen LogP contribution in [0.2, 0.25) is 0 Å². The molecule has 3 aromatic rings. The Morgan fingerprint density at radius 3 is 2.26 bits per heavy atom. The Morgan fingerprint density at radius 1 is 0.935 bits per heavy atom. The summed E-state index contributed by atoms with van der Waals surface area (Å²) in [4.78, 5) is 2.98. The maximum Gasteiger partial charge on any atom is 0.0756 e. The fourth-order valence-electron chi connectivity index (χ4n) is 9.08. The normalized spacial score (nSPS) is 35.6. The van der Waals surface area contributed by atoms with Crippen LogP contribution >= 0.6 is 0 Å². The van der Waals surface area contributed by atoms with Crippen LogP contribution in [0.15, 0.2) is 36.5 Å². The molecular weight excluding hydrogens is 378 g/mol. The van der Waals surface area contributed by atoms with Gasteiger partial charge in [0.1, 0.15) is 0 Å². The number of aryl methyl sites for hydroxylation is 3. The second-order valence-corrected chi connectivity index (χ2v) is 11.2. The van der Waals surface area contributed by atoms with Gasteiger partial charge in [0.2, 0.25) is 0 Å². The number of anilines is 1. The fourth-order valence-corrected chi connectivity index (χ4v) is 9.08. The lowest BCUT2D eigenvalue weighted by Gasteiger charge is -2.64. The van der Waals surface area contributed by atoms with Crippen molar-refractivity contribution in [3.05, 3.63) is 53.3 Å². The lowest BCUT2D eigenvalue weighted by molar-refractivity contribution is -0.0601. The Morgan fingerprint density at radius 2 is 1.61 bits per heavy atom. The van der Waals surface area contributed by atoms with Gasteiger partial charge in [-0.3, -0.25) is 0 Å². The van der Waals surface area contributed by atoms with Crippen LogP contribution in [-0.4, -0.2) is 9.13 Å². The molecule has 1 aliphatic heterocycles. The highest BCUT2D eigenvalue weighted by Gasteiger charge is 2.66. The third-order valence-corrected chi connectivity index (χ3v) is 9.84. The minimum absolute atomic E-state index is 0.168. The lowest BCUT2D eigenvalue weighted by atomic mass is 9.47. The van der Waals surface area contributed by atoms with E-state index in [0.29, 0.717) is 6.04 Å². The predicted molar refractivity (Wildman–Crippen MR) is 127 cm³/mol. The summed E-state index contributed by atoms with van der Waals surface area (Å²) in [6.07, 6.45) is 10.7. The smallest absolute Gasteiger partial charge is 0.0756 e. The van der Waals surface area contributed by atoms with Crippen LogP contribution in [0.25, 0.3) is 11.0 Å². The molecule has 3 heteroatoms. The predicted octanol–water partition coefficient (Wildman–Crippen LogP) is 6.45. The summed E-state index contributed by atoms with van der Waals surface area (Å²) in [7, 11) is 4.60. The molecule has 4 fully saturated rings. The average Bonchev–Trinajstić information content (AvgIpc) is 3.36. The Kier molecular flexibility index (Phi) is 3.56. The van der Waals surface area contributed by atoms with Crippen LogP contribution in [0.3, 0.4) is 0 Å². The van der Waals surface area contributed by atoms with Crippen molar-refractivity contribution >= 4 is 16.7 Å². The number of fused-ring (bicyclic) bond motifs is 3. The van der Waals surface area contributed by atoms with Gasteiger partial charge in [0, 0.05) is 37.2 Å².